The van der Waals surface area contributed by atoms with Crippen LogP contribution in [-0.4, -0.2) is 17.1 Å². The predicted octanol–water partition coefficient (Wildman–Crippen LogP) is 3.47. The van der Waals surface area contributed by atoms with Gasteiger partial charge in [-0.05, 0) is 37.1 Å². The maximum absolute atomic E-state index is 11.4. The molecule has 0 bridgehead atoms. The van der Waals surface area contributed by atoms with Crippen molar-refractivity contribution in [1.29, 1.82) is 0 Å². The highest BCUT2D eigenvalue weighted by atomic mass is 16.4. The van der Waals surface area contributed by atoms with Crippen LogP contribution < -0.4 is 4.90 Å². The number of benzene rings is 2. The molecule has 1 aliphatic rings. The van der Waals surface area contributed by atoms with Gasteiger partial charge in [0.25, 0.3) is 0 Å². The Bertz CT molecular complexity index is 636. The first-order valence-corrected chi connectivity index (χ1v) is 6.38. The highest BCUT2D eigenvalue weighted by Gasteiger charge is 2.29. The second kappa shape index (κ2) is 4.43. The fourth-order valence-electron chi connectivity index (χ4n) is 2.80. The van der Waals surface area contributed by atoms with E-state index in [1.165, 1.54) is 5.56 Å². The van der Waals surface area contributed by atoms with Crippen molar-refractivity contribution in [3.8, 4) is 0 Å². The monoisotopic (exact) mass is 253 g/mol. The molecule has 0 amide bonds. The van der Waals surface area contributed by atoms with Gasteiger partial charge in [-0.15, -0.1) is 0 Å². The lowest BCUT2D eigenvalue weighted by Gasteiger charge is -2.26. The van der Waals surface area contributed by atoms with E-state index in [0.29, 0.717) is 5.56 Å². The molecule has 3 nitrogen and oxygen atoms in total. The molecule has 1 atom stereocenters. The van der Waals surface area contributed by atoms with Crippen molar-refractivity contribution in [3.63, 3.8) is 0 Å². The van der Waals surface area contributed by atoms with Gasteiger partial charge in [0.15, 0.2) is 0 Å². The SMILES string of the molecule is CC1Cc2ccccc2N1c1ccccc1C(=O)O. The largest absolute Gasteiger partial charge is 0.478 e. The van der Waals surface area contributed by atoms with Gasteiger partial charge in [0.1, 0.15) is 0 Å². The number of rotatable bonds is 2. The van der Waals surface area contributed by atoms with Crippen molar-refractivity contribution in [2.75, 3.05) is 4.90 Å². The molecule has 3 heteroatoms. The Morgan fingerprint density at radius 1 is 1.11 bits per heavy atom. The Morgan fingerprint density at radius 2 is 1.74 bits per heavy atom. The van der Waals surface area contributed by atoms with Gasteiger partial charge in [-0.3, -0.25) is 0 Å². The van der Waals surface area contributed by atoms with E-state index in [4.69, 9.17) is 0 Å². The van der Waals surface area contributed by atoms with Crippen molar-refractivity contribution in [3.05, 3.63) is 59.7 Å². The Kier molecular flexibility index (Phi) is 2.75. The Labute approximate surface area is 112 Å². The molecule has 19 heavy (non-hydrogen) atoms. The fraction of sp³-hybridized carbons (Fsp3) is 0.188. The molecule has 2 aromatic rings. The molecule has 0 aromatic heterocycles. The zero-order valence-electron chi connectivity index (χ0n) is 10.7. The lowest BCUT2D eigenvalue weighted by atomic mass is 10.1. The quantitative estimate of drug-likeness (QED) is 0.891. The van der Waals surface area contributed by atoms with Crippen LogP contribution in [0.15, 0.2) is 48.5 Å². The fourth-order valence-corrected chi connectivity index (χ4v) is 2.80. The van der Waals surface area contributed by atoms with Crippen LogP contribution in [0, 0.1) is 0 Å². The van der Waals surface area contributed by atoms with Gasteiger partial charge in [-0.1, -0.05) is 30.3 Å². The summed E-state index contributed by atoms with van der Waals surface area (Å²) in [6, 6.07) is 15.6. The van der Waals surface area contributed by atoms with Crippen LogP contribution in [0.25, 0.3) is 0 Å². The number of anilines is 2. The summed E-state index contributed by atoms with van der Waals surface area (Å²) in [5.74, 6) is -0.882. The number of hydrogen-bond acceptors (Lipinski definition) is 2. The van der Waals surface area contributed by atoms with Crippen LogP contribution >= 0.6 is 0 Å². The summed E-state index contributed by atoms with van der Waals surface area (Å²) in [6.45, 7) is 2.12. The molecule has 1 heterocycles. The third-order valence-corrected chi connectivity index (χ3v) is 3.60. The smallest absolute Gasteiger partial charge is 0.337 e. The molecule has 1 unspecified atom stereocenters. The molecule has 96 valence electrons. The summed E-state index contributed by atoms with van der Waals surface area (Å²) in [5.41, 5.74) is 3.51. The number of nitrogens with zero attached hydrogens (tertiary/aromatic N) is 1. The lowest BCUT2D eigenvalue weighted by molar-refractivity contribution is 0.0697. The van der Waals surface area contributed by atoms with Crippen LogP contribution in [0.1, 0.15) is 22.8 Å². The number of carboxylic acid groups (broad SMARTS) is 1. The van der Waals surface area contributed by atoms with E-state index in [1.807, 2.05) is 24.3 Å². The van der Waals surface area contributed by atoms with E-state index in [1.54, 1.807) is 12.1 Å². The van der Waals surface area contributed by atoms with Gasteiger partial charge in [-0.25, -0.2) is 4.79 Å². The molecular formula is C16H15NO2. The van der Waals surface area contributed by atoms with Crippen LogP contribution in [0.5, 0.6) is 0 Å². The van der Waals surface area contributed by atoms with Crippen LogP contribution in [0.3, 0.4) is 0 Å². The number of carbonyl (C=O) groups is 1. The summed E-state index contributed by atoms with van der Waals surface area (Å²) in [7, 11) is 0. The van der Waals surface area contributed by atoms with Crippen molar-refractivity contribution >= 4 is 17.3 Å². The summed E-state index contributed by atoms with van der Waals surface area (Å²) in [6.07, 6.45) is 0.949. The molecule has 0 saturated carbocycles. The number of fused-ring (bicyclic) bond motifs is 1. The molecule has 0 radical (unpaired) electrons. The van der Waals surface area contributed by atoms with Gasteiger partial charge in [0.2, 0.25) is 0 Å². The number of aromatic carboxylic acids is 1. The summed E-state index contributed by atoms with van der Waals surface area (Å²) in [5, 5.41) is 9.33. The molecule has 2 aromatic carbocycles. The topological polar surface area (TPSA) is 40.5 Å². The van der Waals surface area contributed by atoms with Crippen LogP contribution in [-0.2, 0) is 6.42 Å². The maximum atomic E-state index is 11.4. The molecule has 1 aliphatic heterocycles. The third-order valence-electron chi connectivity index (χ3n) is 3.60. The van der Waals surface area contributed by atoms with Gasteiger partial charge < -0.3 is 10.0 Å². The minimum Gasteiger partial charge on any atom is -0.478 e. The van der Waals surface area contributed by atoms with Crippen molar-refractivity contribution in [1.82, 2.24) is 0 Å². The Balaban J connectivity index is 2.15. The average molecular weight is 253 g/mol. The standard InChI is InChI=1S/C16H15NO2/c1-11-10-12-6-2-4-8-14(12)17(11)15-9-5-3-7-13(15)16(18)19/h2-9,11H,10H2,1H3,(H,18,19). The summed E-state index contributed by atoms with van der Waals surface area (Å²) in [4.78, 5) is 13.5. The minimum absolute atomic E-state index is 0.276. The van der Waals surface area contributed by atoms with Crippen LogP contribution in [0.2, 0.25) is 0 Å². The van der Waals surface area contributed by atoms with E-state index in [9.17, 15) is 9.90 Å². The zero-order valence-corrected chi connectivity index (χ0v) is 10.7. The second-order valence-corrected chi connectivity index (χ2v) is 4.87. The van der Waals surface area contributed by atoms with Gasteiger partial charge in [0, 0.05) is 11.7 Å². The molecule has 1 N–H and O–H groups in total. The van der Waals surface area contributed by atoms with Gasteiger partial charge in [-0.2, -0.15) is 0 Å². The first kappa shape index (κ1) is 11.8. The minimum atomic E-state index is -0.882. The average Bonchev–Trinajstić information content (AvgIpc) is 2.74. The highest BCUT2D eigenvalue weighted by Crippen LogP contribution is 2.39. The first-order chi connectivity index (χ1) is 9.18. The van der Waals surface area contributed by atoms with Gasteiger partial charge in [0.05, 0.1) is 11.3 Å². The molecular weight excluding hydrogens is 238 g/mol. The number of hydrogen-bond donors (Lipinski definition) is 1. The normalized spacial score (nSPS) is 17.3. The molecule has 3 rings (SSSR count). The number of para-hydroxylation sites is 2. The molecule has 0 spiro atoms. The summed E-state index contributed by atoms with van der Waals surface area (Å²) >= 11 is 0. The van der Waals surface area contributed by atoms with Crippen molar-refractivity contribution < 1.29 is 9.90 Å². The third kappa shape index (κ3) is 1.87. The molecule has 0 saturated heterocycles. The van der Waals surface area contributed by atoms with E-state index < -0.39 is 5.97 Å². The highest BCUT2D eigenvalue weighted by molar-refractivity contribution is 5.96. The van der Waals surface area contributed by atoms with E-state index >= 15 is 0 Å². The molecule has 0 fully saturated rings. The Hall–Kier alpha value is -2.29. The predicted molar refractivity (Wildman–Crippen MR) is 75.1 cm³/mol. The first-order valence-electron chi connectivity index (χ1n) is 6.38. The van der Waals surface area contributed by atoms with Gasteiger partial charge >= 0.3 is 5.97 Å². The van der Waals surface area contributed by atoms with E-state index in [0.717, 1.165) is 17.8 Å². The van der Waals surface area contributed by atoms with E-state index in [2.05, 4.69) is 24.0 Å². The van der Waals surface area contributed by atoms with E-state index in [-0.39, 0.29) is 6.04 Å². The Morgan fingerprint density at radius 3 is 2.47 bits per heavy atom. The number of carboxylic acids is 1. The zero-order chi connectivity index (χ0) is 13.4. The van der Waals surface area contributed by atoms with Crippen molar-refractivity contribution in [2.45, 2.75) is 19.4 Å². The summed E-state index contributed by atoms with van der Waals surface area (Å²) < 4.78 is 0. The van der Waals surface area contributed by atoms with Crippen LogP contribution in [0.4, 0.5) is 11.4 Å². The van der Waals surface area contributed by atoms with Crippen molar-refractivity contribution in [2.24, 2.45) is 0 Å². The second-order valence-electron chi connectivity index (χ2n) is 4.87. The maximum Gasteiger partial charge on any atom is 0.337 e. The molecule has 0 aliphatic carbocycles. The lowest BCUT2D eigenvalue weighted by Crippen LogP contribution is -2.25.